The minimum atomic E-state index is -1.78. The number of carbonyl (C=O) groups excluding carboxylic acids is 1. The van der Waals surface area contributed by atoms with Gasteiger partial charge in [-0.2, -0.15) is 5.10 Å². The highest BCUT2D eigenvalue weighted by Crippen LogP contribution is 2.28. The van der Waals surface area contributed by atoms with Crippen LogP contribution in [0.2, 0.25) is 0 Å². The summed E-state index contributed by atoms with van der Waals surface area (Å²) in [6.45, 7) is 3.22. The van der Waals surface area contributed by atoms with Crippen LogP contribution in [0.5, 0.6) is 0 Å². The van der Waals surface area contributed by atoms with Crippen molar-refractivity contribution in [2.75, 3.05) is 26.0 Å². The monoisotopic (exact) mass is 472 g/mol. The molecule has 0 amide bonds. The maximum atomic E-state index is 11.6. The molecule has 0 aliphatic heterocycles. The number of anilines is 2. The van der Waals surface area contributed by atoms with Gasteiger partial charge in [0.1, 0.15) is 13.5 Å². The zero-order valence-corrected chi connectivity index (χ0v) is 19.7. The van der Waals surface area contributed by atoms with Gasteiger partial charge in [0.25, 0.3) is 0 Å². The van der Waals surface area contributed by atoms with Crippen molar-refractivity contribution >= 4 is 31.5 Å². The lowest BCUT2D eigenvalue weighted by Crippen LogP contribution is -2.31. The molecule has 1 unspecified atom stereocenters. The first kappa shape index (κ1) is 24.2. The van der Waals surface area contributed by atoms with Crippen LogP contribution < -0.4 is 10.9 Å². The predicted octanol–water partition coefficient (Wildman–Crippen LogP) is 1.29. The number of carbonyl (C=O) groups is 1. The molecule has 0 saturated carbocycles. The summed E-state index contributed by atoms with van der Waals surface area (Å²) in [5, 5.41) is 22.2. The molecule has 0 aliphatic rings. The van der Waals surface area contributed by atoms with E-state index in [4.69, 9.17) is 12.4 Å². The Morgan fingerprint density at radius 2 is 1.91 bits per heavy atom. The summed E-state index contributed by atoms with van der Waals surface area (Å²) in [7, 11) is 9.72. The van der Waals surface area contributed by atoms with Crippen LogP contribution in [0.25, 0.3) is 22.8 Å². The summed E-state index contributed by atoms with van der Waals surface area (Å²) >= 11 is 0. The first-order chi connectivity index (χ1) is 16.8. The number of nitrogens with one attached hydrogen (secondary N) is 1. The smallest absolute Gasteiger partial charge is 0.228 e. The van der Waals surface area contributed by atoms with Crippen LogP contribution in [0.4, 0.5) is 11.8 Å². The van der Waals surface area contributed by atoms with E-state index in [9.17, 15) is 9.90 Å². The Balaban J connectivity index is 1.60. The van der Waals surface area contributed by atoms with Crippen molar-refractivity contribution in [3.8, 4) is 22.8 Å². The molecule has 4 heterocycles. The number of rotatable bonds is 10. The molecule has 0 aromatic carbocycles. The lowest BCUT2D eigenvalue weighted by molar-refractivity contribution is -0.128. The zero-order valence-electron chi connectivity index (χ0n) is 19.7. The van der Waals surface area contributed by atoms with E-state index in [1.54, 1.807) is 28.9 Å². The van der Waals surface area contributed by atoms with Crippen molar-refractivity contribution in [3.63, 3.8) is 0 Å². The second-order valence-electron chi connectivity index (χ2n) is 8.26. The first-order valence-corrected chi connectivity index (χ1v) is 11.0. The van der Waals surface area contributed by atoms with Gasteiger partial charge in [-0.05, 0) is 44.8 Å². The second-order valence-corrected chi connectivity index (χ2v) is 8.26. The number of nitrogens with zero attached hydrogens (tertiary/aromatic N) is 7. The summed E-state index contributed by atoms with van der Waals surface area (Å²) < 4.78 is 7.09. The third kappa shape index (κ3) is 5.61. The van der Waals surface area contributed by atoms with Crippen molar-refractivity contribution in [1.82, 2.24) is 34.8 Å². The minimum absolute atomic E-state index is 0.0563. The number of aryl methyl sites for hydroxylation is 1. The lowest BCUT2D eigenvalue weighted by atomic mass is 9.97. The molecular formula is C23H25BN8O3. The van der Waals surface area contributed by atoms with Crippen molar-refractivity contribution < 1.29 is 14.4 Å². The van der Waals surface area contributed by atoms with Crippen LogP contribution in [0.3, 0.4) is 0 Å². The van der Waals surface area contributed by atoms with Gasteiger partial charge in [0.2, 0.25) is 5.95 Å². The minimum Gasteiger partial charge on any atom is -0.374 e. The molecule has 1 atom stereocenters. The number of pyridine rings is 1. The molecule has 4 aromatic rings. The highest BCUT2D eigenvalue weighted by atomic mass is 16.5. The maximum absolute atomic E-state index is 11.6. The van der Waals surface area contributed by atoms with Crippen molar-refractivity contribution in [1.29, 1.82) is 0 Å². The van der Waals surface area contributed by atoms with E-state index in [0.29, 0.717) is 41.4 Å². The fourth-order valence-corrected chi connectivity index (χ4v) is 3.33. The summed E-state index contributed by atoms with van der Waals surface area (Å²) in [5.41, 5.74) is 0.362. The van der Waals surface area contributed by atoms with Crippen LogP contribution in [0, 0.1) is 0 Å². The maximum Gasteiger partial charge on any atom is 0.228 e. The average Bonchev–Trinajstić information content (AvgIpc) is 3.52. The summed E-state index contributed by atoms with van der Waals surface area (Å²) in [6, 6.07) is 10.3. The van der Waals surface area contributed by atoms with Gasteiger partial charge in [-0.15, -0.1) is 0 Å². The van der Waals surface area contributed by atoms with Gasteiger partial charge in [0, 0.05) is 37.8 Å². The normalized spacial score (nSPS) is 13.1. The van der Waals surface area contributed by atoms with Gasteiger partial charge < -0.3 is 19.8 Å². The molecule has 12 heteroatoms. The van der Waals surface area contributed by atoms with E-state index in [-0.39, 0.29) is 23.7 Å². The van der Waals surface area contributed by atoms with Crippen LogP contribution in [0.1, 0.15) is 19.1 Å². The van der Waals surface area contributed by atoms with Crippen LogP contribution in [0.15, 0.2) is 47.1 Å². The number of aromatic nitrogens is 6. The molecule has 35 heavy (non-hydrogen) atoms. The summed E-state index contributed by atoms with van der Waals surface area (Å²) in [6.07, 6.45) is 2.48. The Hall–Kier alpha value is -3.90. The number of aldehydes is 1. The van der Waals surface area contributed by atoms with E-state index in [2.05, 4.69) is 30.5 Å². The van der Waals surface area contributed by atoms with E-state index in [0.717, 1.165) is 6.54 Å². The van der Waals surface area contributed by atoms with E-state index >= 15 is 0 Å². The topological polar surface area (TPSA) is 135 Å². The van der Waals surface area contributed by atoms with Crippen LogP contribution >= 0.6 is 0 Å². The molecule has 0 bridgehead atoms. The quantitative estimate of drug-likeness (QED) is 0.257. The van der Waals surface area contributed by atoms with Gasteiger partial charge >= 0.3 is 0 Å². The van der Waals surface area contributed by atoms with E-state index in [1.807, 2.05) is 38.2 Å². The molecule has 0 spiro atoms. The van der Waals surface area contributed by atoms with Gasteiger partial charge in [-0.25, -0.2) is 15.0 Å². The average molecular weight is 472 g/mol. The lowest BCUT2D eigenvalue weighted by Gasteiger charge is -2.20. The molecule has 178 valence electrons. The van der Waals surface area contributed by atoms with Gasteiger partial charge in [-0.1, -0.05) is 11.2 Å². The van der Waals surface area contributed by atoms with E-state index in [1.165, 1.54) is 6.07 Å². The Morgan fingerprint density at radius 1 is 1.14 bits per heavy atom. The Bertz CT molecular complexity index is 1320. The van der Waals surface area contributed by atoms with Gasteiger partial charge in [0.05, 0.1) is 17.1 Å². The van der Waals surface area contributed by atoms with Crippen LogP contribution in [-0.4, -0.2) is 74.7 Å². The number of hydrogen-bond donors (Lipinski definition) is 2. The van der Waals surface area contributed by atoms with Gasteiger partial charge in [0.15, 0.2) is 23.5 Å². The summed E-state index contributed by atoms with van der Waals surface area (Å²) in [4.78, 5) is 26.9. The molecule has 4 aromatic heterocycles. The Labute approximate surface area is 203 Å². The van der Waals surface area contributed by atoms with Crippen molar-refractivity contribution in [3.05, 3.63) is 48.4 Å². The molecule has 2 radical (unpaired) electrons. The highest BCUT2D eigenvalue weighted by molar-refractivity contribution is 6.31. The standard InChI is InChI=1S/C23H25BN8O3/c1-4-32-10-8-21(29-32)28-22-26-17(13-20(24)27-22)15-6-5-7-16(25-15)18-12-19(35-30-18)23(34,14-33)9-11-31(2)3/h5-8,10,12-14,34H,4,9,11H2,1-3H3,(H,26,27,28,29). The number of aliphatic hydroxyl groups is 1. The largest absolute Gasteiger partial charge is 0.374 e. The third-order valence-corrected chi connectivity index (χ3v) is 5.30. The molecule has 4 rings (SSSR count). The molecule has 2 N–H and O–H groups in total. The fourth-order valence-electron chi connectivity index (χ4n) is 3.33. The second kappa shape index (κ2) is 10.2. The van der Waals surface area contributed by atoms with Crippen molar-refractivity contribution in [2.45, 2.75) is 25.5 Å². The summed E-state index contributed by atoms with van der Waals surface area (Å²) in [5.74, 6) is 0.937. The Kier molecular flexibility index (Phi) is 7.03. The van der Waals surface area contributed by atoms with Crippen LogP contribution in [-0.2, 0) is 16.9 Å². The molecular weight excluding hydrogens is 447 g/mol. The number of hydrogen-bond acceptors (Lipinski definition) is 10. The predicted molar refractivity (Wildman–Crippen MR) is 130 cm³/mol. The fraction of sp³-hybridized carbons (Fsp3) is 0.304. The molecule has 11 nitrogen and oxygen atoms in total. The third-order valence-electron chi connectivity index (χ3n) is 5.30. The zero-order chi connectivity index (χ0) is 25.0. The van der Waals surface area contributed by atoms with E-state index < -0.39 is 5.60 Å². The van der Waals surface area contributed by atoms with Gasteiger partial charge in [-0.3, -0.25) is 9.48 Å². The first-order valence-electron chi connectivity index (χ1n) is 11.0. The molecule has 0 aliphatic carbocycles. The van der Waals surface area contributed by atoms with Crippen molar-refractivity contribution in [2.24, 2.45) is 0 Å². The SMILES string of the molecule is [B]c1cc(-c2cccc(-c3cc(C(O)(C=O)CCN(C)C)on3)n2)nc(Nc2ccn(CC)n2)n1. The highest BCUT2D eigenvalue weighted by Gasteiger charge is 2.33. The molecule has 0 saturated heterocycles. The molecule has 0 fully saturated rings. The Morgan fingerprint density at radius 3 is 2.60 bits per heavy atom.